The topological polar surface area (TPSA) is 122 Å². The Balaban J connectivity index is 1.39. The van der Waals surface area contributed by atoms with Gasteiger partial charge < -0.3 is 14.5 Å². The van der Waals surface area contributed by atoms with Crippen LogP contribution in [0.1, 0.15) is 23.7 Å². The Morgan fingerprint density at radius 3 is 2.76 bits per heavy atom. The Labute approximate surface area is 165 Å². The fourth-order valence-corrected chi connectivity index (χ4v) is 3.18. The van der Waals surface area contributed by atoms with E-state index in [0.717, 1.165) is 16.8 Å². The van der Waals surface area contributed by atoms with Gasteiger partial charge in [-0.2, -0.15) is 5.10 Å². The number of hydrogen-bond donors (Lipinski definition) is 2. The van der Waals surface area contributed by atoms with Gasteiger partial charge in [0.25, 0.3) is 0 Å². The van der Waals surface area contributed by atoms with Crippen LogP contribution in [0.4, 0.5) is 10.6 Å². The molecular formula is C19H19N5O5. The smallest absolute Gasteiger partial charge is 0.423 e. The number of hydrogen-bond acceptors (Lipinski definition) is 6. The highest BCUT2D eigenvalue weighted by molar-refractivity contribution is 5.92. The standard InChI is InChI=1S/C19H19N5O5/c1-2-28-18(26)23-10-14-15(11-23)21-22-17(14)20-16(25)9-12-3-5-13(6-4-12)24-7-8-29-19(24)27/h3-8H,2,9-11H2,1H3,(H2,20,21,22,25). The van der Waals surface area contributed by atoms with Gasteiger partial charge in [0, 0.05) is 5.56 Å². The predicted molar refractivity (Wildman–Crippen MR) is 101 cm³/mol. The molecule has 3 heterocycles. The quantitative estimate of drug-likeness (QED) is 0.677. The summed E-state index contributed by atoms with van der Waals surface area (Å²) in [6.45, 7) is 2.75. The summed E-state index contributed by atoms with van der Waals surface area (Å²) in [6.07, 6.45) is 2.59. The minimum atomic E-state index is -0.472. The van der Waals surface area contributed by atoms with Crippen molar-refractivity contribution in [3.8, 4) is 5.69 Å². The van der Waals surface area contributed by atoms with Gasteiger partial charge in [-0.25, -0.2) is 14.2 Å². The van der Waals surface area contributed by atoms with Crippen molar-refractivity contribution >= 4 is 17.8 Å². The third-order valence-electron chi connectivity index (χ3n) is 4.59. The molecule has 0 fully saturated rings. The van der Waals surface area contributed by atoms with Crippen LogP contribution in [0.5, 0.6) is 0 Å². The van der Waals surface area contributed by atoms with E-state index in [1.54, 1.807) is 36.1 Å². The SMILES string of the molecule is CCOC(=O)N1Cc2[nH]nc(NC(=O)Cc3ccc(-n4ccoc4=O)cc3)c2C1. The second-order valence-electron chi connectivity index (χ2n) is 6.51. The largest absolute Gasteiger partial charge is 0.450 e. The molecule has 2 aromatic heterocycles. The number of ether oxygens (including phenoxy) is 1. The number of nitrogens with one attached hydrogen (secondary N) is 2. The van der Waals surface area contributed by atoms with E-state index in [0.29, 0.717) is 31.2 Å². The maximum absolute atomic E-state index is 12.4. The minimum absolute atomic E-state index is 0.143. The first-order chi connectivity index (χ1) is 14.0. The van der Waals surface area contributed by atoms with Crippen molar-refractivity contribution in [2.24, 2.45) is 0 Å². The third-order valence-corrected chi connectivity index (χ3v) is 4.59. The number of aromatic nitrogens is 3. The molecule has 150 valence electrons. The molecule has 0 saturated heterocycles. The molecule has 0 aliphatic carbocycles. The Morgan fingerprint density at radius 1 is 1.28 bits per heavy atom. The van der Waals surface area contributed by atoms with Crippen molar-refractivity contribution in [1.29, 1.82) is 0 Å². The zero-order chi connectivity index (χ0) is 20.4. The van der Waals surface area contributed by atoms with E-state index < -0.39 is 11.8 Å². The summed E-state index contributed by atoms with van der Waals surface area (Å²) in [5.41, 5.74) is 2.99. The molecular weight excluding hydrogens is 378 g/mol. The van der Waals surface area contributed by atoms with E-state index in [1.165, 1.54) is 17.0 Å². The molecule has 1 aliphatic heterocycles. The summed E-state index contributed by atoms with van der Waals surface area (Å²) in [4.78, 5) is 37.4. The Hall–Kier alpha value is -3.82. The van der Waals surface area contributed by atoms with Crippen LogP contribution in [0.2, 0.25) is 0 Å². The lowest BCUT2D eigenvalue weighted by Gasteiger charge is -2.14. The number of nitrogens with zero attached hydrogens (tertiary/aromatic N) is 3. The number of H-pyrrole nitrogens is 1. The molecule has 10 heteroatoms. The van der Waals surface area contributed by atoms with Crippen LogP contribution >= 0.6 is 0 Å². The fourth-order valence-electron chi connectivity index (χ4n) is 3.18. The average molecular weight is 397 g/mol. The van der Waals surface area contributed by atoms with Crippen LogP contribution in [-0.4, -0.2) is 38.3 Å². The summed E-state index contributed by atoms with van der Waals surface area (Å²) in [5.74, 6) is -0.291. The number of carbonyl (C=O) groups is 2. The number of anilines is 1. The number of amides is 2. The predicted octanol–water partition coefficient (Wildman–Crippen LogP) is 1.81. The molecule has 2 amide bonds. The van der Waals surface area contributed by atoms with E-state index >= 15 is 0 Å². The lowest BCUT2D eigenvalue weighted by Crippen LogP contribution is -2.26. The van der Waals surface area contributed by atoms with Crippen LogP contribution in [0, 0.1) is 0 Å². The van der Waals surface area contributed by atoms with Gasteiger partial charge in [0.1, 0.15) is 6.26 Å². The number of benzene rings is 1. The Kier molecular flexibility index (Phi) is 4.90. The maximum Gasteiger partial charge on any atom is 0.423 e. The van der Waals surface area contributed by atoms with Crippen molar-refractivity contribution in [3.05, 3.63) is 64.1 Å². The fraction of sp³-hybridized carbons (Fsp3) is 0.263. The Morgan fingerprint density at radius 2 is 2.07 bits per heavy atom. The highest BCUT2D eigenvalue weighted by Gasteiger charge is 2.29. The second kappa shape index (κ2) is 7.66. The Bertz CT molecular complexity index is 1090. The first-order valence-corrected chi connectivity index (χ1v) is 9.08. The van der Waals surface area contributed by atoms with Crippen LogP contribution in [0.3, 0.4) is 0 Å². The van der Waals surface area contributed by atoms with Crippen molar-refractivity contribution < 1.29 is 18.7 Å². The van der Waals surface area contributed by atoms with Crippen LogP contribution in [0.15, 0.2) is 45.9 Å². The summed E-state index contributed by atoms with van der Waals surface area (Å²) in [6, 6.07) is 7.02. The van der Waals surface area contributed by atoms with Crippen molar-refractivity contribution in [2.45, 2.75) is 26.4 Å². The van der Waals surface area contributed by atoms with Crippen LogP contribution in [-0.2, 0) is 29.0 Å². The number of rotatable bonds is 5. The molecule has 0 radical (unpaired) electrons. The van der Waals surface area contributed by atoms with Crippen LogP contribution in [0.25, 0.3) is 5.69 Å². The summed E-state index contributed by atoms with van der Waals surface area (Å²) in [7, 11) is 0. The van der Waals surface area contributed by atoms with Crippen molar-refractivity contribution in [1.82, 2.24) is 19.7 Å². The molecule has 3 aromatic rings. The van der Waals surface area contributed by atoms with Gasteiger partial charge in [-0.1, -0.05) is 12.1 Å². The summed E-state index contributed by atoms with van der Waals surface area (Å²) < 4.78 is 11.1. The molecule has 0 atom stereocenters. The minimum Gasteiger partial charge on any atom is -0.450 e. The first kappa shape index (κ1) is 18.5. The molecule has 0 unspecified atom stereocenters. The molecule has 0 saturated carbocycles. The van der Waals surface area contributed by atoms with E-state index in [4.69, 9.17) is 9.15 Å². The molecule has 1 aliphatic rings. The molecule has 0 spiro atoms. The summed E-state index contributed by atoms with van der Waals surface area (Å²) >= 11 is 0. The van der Waals surface area contributed by atoms with Gasteiger partial charge >= 0.3 is 11.8 Å². The lowest BCUT2D eigenvalue weighted by atomic mass is 10.1. The number of fused-ring (bicyclic) bond motifs is 1. The zero-order valence-electron chi connectivity index (χ0n) is 15.7. The maximum atomic E-state index is 12.4. The molecule has 29 heavy (non-hydrogen) atoms. The van der Waals surface area contributed by atoms with Gasteiger partial charge in [-0.05, 0) is 24.6 Å². The van der Waals surface area contributed by atoms with E-state index in [9.17, 15) is 14.4 Å². The van der Waals surface area contributed by atoms with Crippen LogP contribution < -0.4 is 11.1 Å². The highest BCUT2D eigenvalue weighted by atomic mass is 16.6. The molecule has 1 aromatic carbocycles. The normalized spacial score (nSPS) is 12.7. The van der Waals surface area contributed by atoms with E-state index in [1.807, 2.05) is 0 Å². The van der Waals surface area contributed by atoms with Gasteiger partial charge in [-0.3, -0.25) is 14.8 Å². The lowest BCUT2D eigenvalue weighted by molar-refractivity contribution is -0.115. The van der Waals surface area contributed by atoms with Gasteiger partial charge in [0.15, 0.2) is 5.82 Å². The zero-order valence-corrected chi connectivity index (χ0v) is 15.7. The highest BCUT2D eigenvalue weighted by Crippen LogP contribution is 2.27. The van der Waals surface area contributed by atoms with Gasteiger partial charge in [-0.15, -0.1) is 0 Å². The third kappa shape index (κ3) is 3.77. The molecule has 10 nitrogen and oxygen atoms in total. The monoisotopic (exact) mass is 397 g/mol. The summed E-state index contributed by atoms with van der Waals surface area (Å²) in [5, 5.41) is 9.77. The molecule has 2 N–H and O–H groups in total. The number of carbonyl (C=O) groups excluding carboxylic acids is 2. The van der Waals surface area contributed by atoms with E-state index in [2.05, 4.69) is 15.5 Å². The van der Waals surface area contributed by atoms with E-state index in [-0.39, 0.29) is 12.3 Å². The number of aromatic amines is 1. The van der Waals surface area contributed by atoms with Crippen molar-refractivity contribution in [2.75, 3.05) is 11.9 Å². The van der Waals surface area contributed by atoms with Gasteiger partial charge in [0.2, 0.25) is 5.91 Å². The molecule has 4 rings (SSSR count). The second-order valence-corrected chi connectivity index (χ2v) is 6.51. The van der Waals surface area contributed by atoms with Crippen molar-refractivity contribution in [3.63, 3.8) is 0 Å². The molecule has 0 bridgehead atoms. The first-order valence-electron chi connectivity index (χ1n) is 9.08. The van der Waals surface area contributed by atoms with Gasteiger partial charge in [0.05, 0.1) is 43.7 Å². The number of oxazole rings is 1. The average Bonchev–Trinajstić information content (AvgIpc) is 3.40.